The molecule has 0 amide bonds. The second-order valence-corrected chi connectivity index (χ2v) is 3.97. The Labute approximate surface area is 103 Å². The minimum Gasteiger partial charge on any atom is -0.451 e. The maximum absolute atomic E-state index is 12.6. The van der Waals surface area contributed by atoms with Crippen molar-refractivity contribution < 1.29 is 17.6 Å². The number of alkyl halides is 3. The molecular formula is C11H4ClF3N2O. The molecule has 92 valence electrons. The molecule has 0 atom stereocenters. The lowest BCUT2D eigenvalue weighted by Crippen LogP contribution is -2.10. The SMILES string of the molecule is FC(F)(F)c1nc(Cl)c2oc3ccccc3c2n1. The molecule has 7 heteroatoms. The summed E-state index contributed by atoms with van der Waals surface area (Å²) < 4.78 is 43.1. The molecule has 0 aliphatic rings. The fourth-order valence-electron chi connectivity index (χ4n) is 1.68. The van der Waals surface area contributed by atoms with E-state index < -0.39 is 12.0 Å². The molecule has 0 unspecified atom stereocenters. The van der Waals surface area contributed by atoms with Gasteiger partial charge in [0.15, 0.2) is 10.7 Å². The van der Waals surface area contributed by atoms with E-state index in [2.05, 4.69) is 9.97 Å². The number of aromatic nitrogens is 2. The highest BCUT2D eigenvalue weighted by atomic mass is 35.5. The first kappa shape index (κ1) is 11.3. The Bertz CT molecular complexity index is 751. The summed E-state index contributed by atoms with van der Waals surface area (Å²) in [6, 6.07) is 6.63. The van der Waals surface area contributed by atoms with Crippen molar-refractivity contribution in [2.45, 2.75) is 6.18 Å². The summed E-state index contributed by atoms with van der Waals surface area (Å²) >= 11 is 5.69. The van der Waals surface area contributed by atoms with Crippen molar-refractivity contribution >= 4 is 33.7 Å². The van der Waals surface area contributed by atoms with Gasteiger partial charge in [-0.2, -0.15) is 13.2 Å². The number of furan rings is 1. The van der Waals surface area contributed by atoms with E-state index in [-0.39, 0.29) is 16.3 Å². The highest BCUT2D eigenvalue weighted by molar-refractivity contribution is 6.34. The van der Waals surface area contributed by atoms with E-state index >= 15 is 0 Å². The van der Waals surface area contributed by atoms with Crippen molar-refractivity contribution in [3.05, 3.63) is 35.2 Å². The molecule has 0 aliphatic carbocycles. The second-order valence-electron chi connectivity index (χ2n) is 3.61. The molecule has 0 saturated heterocycles. The van der Waals surface area contributed by atoms with E-state index in [1.54, 1.807) is 24.3 Å². The van der Waals surface area contributed by atoms with Crippen LogP contribution < -0.4 is 0 Å². The average molecular weight is 273 g/mol. The lowest BCUT2D eigenvalue weighted by atomic mass is 10.2. The zero-order chi connectivity index (χ0) is 12.9. The number of fused-ring (bicyclic) bond motifs is 3. The van der Waals surface area contributed by atoms with Crippen molar-refractivity contribution in [1.29, 1.82) is 0 Å². The van der Waals surface area contributed by atoms with Crippen LogP contribution in [-0.4, -0.2) is 9.97 Å². The zero-order valence-electron chi connectivity index (χ0n) is 8.62. The molecule has 0 bridgehead atoms. The average Bonchev–Trinajstić information content (AvgIpc) is 2.67. The Kier molecular flexibility index (Phi) is 2.25. The monoisotopic (exact) mass is 272 g/mol. The largest absolute Gasteiger partial charge is 0.451 e. The molecule has 3 nitrogen and oxygen atoms in total. The first-order chi connectivity index (χ1) is 8.47. The molecule has 0 N–H and O–H groups in total. The number of benzene rings is 1. The van der Waals surface area contributed by atoms with Gasteiger partial charge in [0.2, 0.25) is 5.82 Å². The van der Waals surface area contributed by atoms with Crippen LogP contribution in [0.2, 0.25) is 5.15 Å². The Morgan fingerprint density at radius 1 is 1.11 bits per heavy atom. The predicted molar refractivity (Wildman–Crippen MR) is 59.3 cm³/mol. The van der Waals surface area contributed by atoms with Crippen molar-refractivity contribution in [2.75, 3.05) is 0 Å². The molecule has 0 radical (unpaired) electrons. The molecule has 0 saturated carbocycles. The van der Waals surface area contributed by atoms with Gasteiger partial charge in [-0.15, -0.1) is 0 Å². The van der Waals surface area contributed by atoms with Gasteiger partial charge in [-0.1, -0.05) is 23.7 Å². The standard InChI is InChI=1S/C11H4ClF3N2O/c12-9-8-7(16-10(17-9)11(13,14)15)5-3-1-2-4-6(5)18-8/h1-4H. The molecule has 2 aromatic heterocycles. The summed E-state index contributed by atoms with van der Waals surface area (Å²) in [5, 5.41) is 0.130. The quantitative estimate of drug-likeness (QED) is 0.580. The predicted octanol–water partition coefficient (Wildman–Crippen LogP) is 4.05. The molecule has 3 rings (SSSR count). The molecular weight excluding hydrogens is 269 g/mol. The number of hydrogen-bond donors (Lipinski definition) is 0. The van der Waals surface area contributed by atoms with Gasteiger partial charge in [-0.05, 0) is 12.1 Å². The maximum atomic E-state index is 12.6. The third-order valence-electron chi connectivity index (χ3n) is 2.43. The minimum atomic E-state index is -4.64. The van der Waals surface area contributed by atoms with E-state index in [9.17, 15) is 13.2 Å². The van der Waals surface area contributed by atoms with Crippen LogP contribution in [0.25, 0.3) is 22.1 Å². The van der Waals surface area contributed by atoms with Gasteiger partial charge in [-0.25, -0.2) is 9.97 Å². The Hall–Kier alpha value is -1.82. The number of halogens is 4. The van der Waals surface area contributed by atoms with E-state index in [1.165, 1.54) is 0 Å². The van der Waals surface area contributed by atoms with Gasteiger partial charge in [0.25, 0.3) is 0 Å². The summed E-state index contributed by atoms with van der Waals surface area (Å²) in [5.41, 5.74) is 0.548. The smallest absolute Gasteiger partial charge is 0.451 e. The van der Waals surface area contributed by atoms with Gasteiger partial charge >= 0.3 is 6.18 Å². The fraction of sp³-hybridized carbons (Fsp3) is 0.0909. The maximum Gasteiger partial charge on any atom is 0.451 e. The molecule has 2 heterocycles. The number of nitrogens with zero attached hydrogens (tertiary/aromatic N) is 2. The molecule has 0 spiro atoms. The highest BCUT2D eigenvalue weighted by Gasteiger charge is 2.36. The van der Waals surface area contributed by atoms with Gasteiger partial charge < -0.3 is 4.42 Å². The van der Waals surface area contributed by atoms with Gasteiger partial charge in [0.1, 0.15) is 11.1 Å². The topological polar surface area (TPSA) is 38.9 Å². The van der Waals surface area contributed by atoms with Crippen LogP contribution in [0, 0.1) is 0 Å². The van der Waals surface area contributed by atoms with Crippen molar-refractivity contribution in [3.63, 3.8) is 0 Å². The van der Waals surface area contributed by atoms with Crippen LogP contribution in [0.15, 0.2) is 28.7 Å². The van der Waals surface area contributed by atoms with Crippen LogP contribution in [0.1, 0.15) is 5.82 Å². The third-order valence-corrected chi connectivity index (χ3v) is 2.69. The molecule has 3 aromatic rings. The highest BCUT2D eigenvalue weighted by Crippen LogP contribution is 2.34. The van der Waals surface area contributed by atoms with E-state index in [4.69, 9.17) is 16.0 Å². The number of hydrogen-bond acceptors (Lipinski definition) is 3. The summed E-state index contributed by atoms with van der Waals surface area (Å²) in [7, 11) is 0. The van der Waals surface area contributed by atoms with Crippen molar-refractivity contribution in [2.24, 2.45) is 0 Å². The summed E-state index contributed by atoms with van der Waals surface area (Å²) in [5.74, 6) is -1.27. The number of para-hydroxylation sites is 1. The van der Waals surface area contributed by atoms with Crippen LogP contribution in [0.3, 0.4) is 0 Å². The first-order valence-corrected chi connectivity index (χ1v) is 5.26. The molecule has 0 fully saturated rings. The normalized spacial score (nSPS) is 12.4. The number of rotatable bonds is 0. The van der Waals surface area contributed by atoms with Crippen LogP contribution in [0.4, 0.5) is 13.2 Å². The van der Waals surface area contributed by atoms with Gasteiger partial charge in [0.05, 0.1) is 0 Å². The van der Waals surface area contributed by atoms with E-state index in [0.29, 0.717) is 11.0 Å². The minimum absolute atomic E-state index is 0.0610. The summed E-state index contributed by atoms with van der Waals surface area (Å²) in [4.78, 5) is 6.68. The van der Waals surface area contributed by atoms with Crippen molar-refractivity contribution in [3.8, 4) is 0 Å². The first-order valence-electron chi connectivity index (χ1n) is 4.89. The zero-order valence-corrected chi connectivity index (χ0v) is 9.38. The Morgan fingerprint density at radius 2 is 1.83 bits per heavy atom. The Balaban J connectivity index is 2.44. The molecule has 0 aliphatic heterocycles. The Morgan fingerprint density at radius 3 is 2.56 bits per heavy atom. The lowest BCUT2D eigenvalue weighted by Gasteiger charge is -2.04. The molecule has 18 heavy (non-hydrogen) atoms. The van der Waals surface area contributed by atoms with E-state index in [1.807, 2.05) is 0 Å². The second kappa shape index (κ2) is 3.58. The van der Waals surface area contributed by atoms with E-state index in [0.717, 1.165) is 0 Å². The van der Waals surface area contributed by atoms with Gasteiger partial charge in [0, 0.05) is 5.39 Å². The molecule has 1 aromatic carbocycles. The summed E-state index contributed by atoms with van der Waals surface area (Å²) in [6.45, 7) is 0. The van der Waals surface area contributed by atoms with Crippen LogP contribution in [-0.2, 0) is 6.18 Å². The van der Waals surface area contributed by atoms with Crippen LogP contribution >= 0.6 is 11.6 Å². The van der Waals surface area contributed by atoms with Crippen LogP contribution in [0.5, 0.6) is 0 Å². The third kappa shape index (κ3) is 1.60. The van der Waals surface area contributed by atoms with Crippen molar-refractivity contribution in [1.82, 2.24) is 9.97 Å². The summed E-state index contributed by atoms with van der Waals surface area (Å²) in [6.07, 6.45) is -4.64. The fourth-order valence-corrected chi connectivity index (χ4v) is 1.89. The van der Waals surface area contributed by atoms with Gasteiger partial charge in [-0.3, -0.25) is 0 Å². The lowest BCUT2D eigenvalue weighted by molar-refractivity contribution is -0.144.